The molecule has 0 spiro atoms. The standard InChI is InChI=1S/C24H31FN2O/c1-14(27-23(28)24(2,3)4)15-9-16-11-18(12-17(16)10-15)20-7-8-26-22-6-5-19(25)13-21(20)22/h5-8,13-18H,9-12H2,1-4H3,(H,27,28)/t14?,15?,16-,17+,18?. The zero-order valence-electron chi connectivity index (χ0n) is 17.3. The van der Waals surface area contributed by atoms with Crippen LogP contribution in [0.2, 0.25) is 0 Å². The Kier molecular flexibility index (Phi) is 4.93. The minimum absolute atomic E-state index is 0.139. The maximum Gasteiger partial charge on any atom is 0.225 e. The van der Waals surface area contributed by atoms with Gasteiger partial charge in [0, 0.05) is 23.0 Å². The lowest BCUT2D eigenvalue weighted by molar-refractivity contribution is -0.129. The predicted molar refractivity (Wildman–Crippen MR) is 110 cm³/mol. The second kappa shape index (κ2) is 7.13. The molecular weight excluding hydrogens is 351 g/mol. The lowest BCUT2D eigenvalue weighted by Crippen LogP contribution is -2.43. The fraction of sp³-hybridized carbons (Fsp3) is 0.583. The van der Waals surface area contributed by atoms with Gasteiger partial charge in [0.1, 0.15) is 5.82 Å². The fourth-order valence-electron chi connectivity index (χ4n) is 5.36. The van der Waals surface area contributed by atoms with Crippen molar-refractivity contribution in [1.29, 1.82) is 0 Å². The van der Waals surface area contributed by atoms with Gasteiger partial charge in [-0.15, -0.1) is 0 Å². The number of fused-ring (bicyclic) bond motifs is 2. The monoisotopic (exact) mass is 382 g/mol. The van der Waals surface area contributed by atoms with Crippen LogP contribution in [0.25, 0.3) is 10.9 Å². The molecule has 0 radical (unpaired) electrons. The molecule has 2 saturated carbocycles. The van der Waals surface area contributed by atoms with Crippen molar-refractivity contribution in [2.24, 2.45) is 23.2 Å². The first-order valence-corrected chi connectivity index (χ1v) is 10.6. The normalized spacial score (nSPS) is 28.3. The van der Waals surface area contributed by atoms with Gasteiger partial charge in [-0.2, -0.15) is 0 Å². The highest BCUT2D eigenvalue weighted by Crippen LogP contribution is 2.53. The molecular formula is C24H31FN2O. The van der Waals surface area contributed by atoms with Gasteiger partial charge in [0.15, 0.2) is 0 Å². The Morgan fingerprint density at radius 2 is 1.82 bits per heavy atom. The van der Waals surface area contributed by atoms with Gasteiger partial charge in [-0.1, -0.05) is 20.8 Å². The van der Waals surface area contributed by atoms with Crippen LogP contribution in [0.1, 0.15) is 64.9 Å². The Morgan fingerprint density at radius 1 is 1.14 bits per heavy atom. The molecule has 2 aromatic rings. The largest absolute Gasteiger partial charge is 0.353 e. The number of nitrogens with zero attached hydrogens (tertiary/aromatic N) is 1. The van der Waals surface area contributed by atoms with E-state index in [0.29, 0.717) is 23.7 Å². The van der Waals surface area contributed by atoms with E-state index < -0.39 is 0 Å². The molecule has 1 heterocycles. The lowest BCUT2D eigenvalue weighted by atomic mass is 9.88. The smallest absolute Gasteiger partial charge is 0.225 e. The lowest BCUT2D eigenvalue weighted by Gasteiger charge is -2.26. The van der Waals surface area contributed by atoms with Crippen LogP contribution in [0, 0.1) is 29.0 Å². The second-order valence-electron chi connectivity index (χ2n) is 9.99. The summed E-state index contributed by atoms with van der Waals surface area (Å²) in [5.41, 5.74) is 1.79. The number of aromatic nitrogens is 1. The van der Waals surface area contributed by atoms with Crippen molar-refractivity contribution in [3.05, 3.63) is 41.8 Å². The third-order valence-corrected chi connectivity index (χ3v) is 6.98. The quantitative estimate of drug-likeness (QED) is 0.767. The van der Waals surface area contributed by atoms with Crippen LogP contribution in [-0.4, -0.2) is 16.9 Å². The van der Waals surface area contributed by atoms with Gasteiger partial charge >= 0.3 is 0 Å². The van der Waals surface area contributed by atoms with Crippen LogP contribution in [-0.2, 0) is 4.79 Å². The molecule has 2 aliphatic carbocycles. The Balaban J connectivity index is 1.44. The first-order valence-electron chi connectivity index (χ1n) is 10.6. The molecule has 5 atom stereocenters. The van der Waals surface area contributed by atoms with E-state index in [1.807, 2.05) is 27.0 Å². The molecule has 3 unspecified atom stereocenters. The highest BCUT2D eigenvalue weighted by Gasteiger charge is 2.44. The first kappa shape index (κ1) is 19.4. The number of halogens is 1. The average molecular weight is 383 g/mol. The van der Waals surface area contributed by atoms with Crippen LogP contribution in [0.5, 0.6) is 0 Å². The zero-order valence-corrected chi connectivity index (χ0v) is 17.3. The molecule has 0 aliphatic heterocycles. The molecule has 1 aromatic heterocycles. The summed E-state index contributed by atoms with van der Waals surface area (Å²) in [6.07, 6.45) is 6.55. The topological polar surface area (TPSA) is 42.0 Å². The molecule has 1 amide bonds. The summed E-state index contributed by atoms with van der Waals surface area (Å²) in [7, 11) is 0. The second-order valence-corrected chi connectivity index (χ2v) is 9.99. The van der Waals surface area contributed by atoms with Crippen LogP contribution in [0.3, 0.4) is 0 Å². The van der Waals surface area contributed by atoms with E-state index >= 15 is 0 Å². The van der Waals surface area contributed by atoms with Gasteiger partial charge in [-0.05, 0) is 86.1 Å². The van der Waals surface area contributed by atoms with E-state index in [4.69, 9.17) is 0 Å². The average Bonchev–Trinajstić information content (AvgIpc) is 3.19. The molecule has 0 bridgehead atoms. The molecule has 3 nitrogen and oxygen atoms in total. The van der Waals surface area contributed by atoms with Crippen LogP contribution in [0.15, 0.2) is 30.5 Å². The van der Waals surface area contributed by atoms with E-state index in [-0.39, 0.29) is 23.2 Å². The number of hydrogen-bond donors (Lipinski definition) is 1. The van der Waals surface area contributed by atoms with Gasteiger partial charge in [0.05, 0.1) is 5.52 Å². The van der Waals surface area contributed by atoms with E-state index in [1.54, 1.807) is 12.1 Å². The van der Waals surface area contributed by atoms with Gasteiger partial charge in [0.25, 0.3) is 0 Å². The number of benzene rings is 1. The number of pyridine rings is 1. The molecule has 2 aliphatic rings. The van der Waals surface area contributed by atoms with Gasteiger partial charge < -0.3 is 5.32 Å². The number of amides is 1. The Morgan fingerprint density at radius 3 is 2.46 bits per heavy atom. The van der Waals surface area contributed by atoms with E-state index in [9.17, 15) is 9.18 Å². The summed E-state index contributed by atoms with van der Waals surface area (Å²) in [6, 6.07) is 7.21. The third-order valence-electron chi connectivity index (χ3n) is 6.98. The molecule has 28 heavy (non-hydrogen) atoms. The summed E-state index contributed by atoms with van der Waals surface area (Å²) in [6.45, 7) is 8.05. The third kappa shape index (κ3) is 3.66. The Bertz CT molecular complexity index is 874. The SMILES string of the molecule is CC(NC(=O)C(C)(C)C)C1C[C@H]2CC(c3ccnc4ccc(F)cc34)C[C@H]2C1. The summed E-state index contributed by atoms with van der Waals surface area (Å²) in [5.74, 6) is 2.42. The van der Waals surface area contributed by atoms with E-state index in [0.717, 1.165) is 23.7 Å². The number of carbonyl (C=O) groups is 1. The number of nitrogens with one attached hydrogen (secondary N) is 1. The Hall–Kier alpha value is -1.97. The highest BCUT2D eigenvalue weighted by molar-refractivity contribution is 5.82. The summed E-state index contributed by atoms with van der Waals surface area (Å²) in [5, 5.41) is 4.20. The number of hydrogen-bond acceptors (Lipinski definition) is 2. The maximum absolute atomic E-state index is 13.8. The van der Waals surface area contributed by atoms with Crippen molar-refractivity contribution in [1.82, 2.24) is 10.3 Å². The van der Waals surface area contributed by atoms with Crippen molar-refractivity contribution in [3.63, 3.8) is 0 Å². The molecule has 4 heteroatoms. The maximum atomic E-state index is 13.8. The number of carbonyl (C=O) groups excluding carboxylic acids is 1. The summed E-state index contributed by atoms with van der Waals surface area (Å²) >= 11 is 0. The molecule has 1 aromatic carbocycles. The van der Waals surface area contributed by atoms with Crippen molar-refractivity contribution in [2.75, 3.05) is 0 Å². The minimum atomic E-state index is -0.342. The zero-order chi connectivity index (χ0) is 20.1. The summed E-state index contributed by atoms with van der Waals surface area (Å²) < 4.78 is 13.8. The molecule has 150 valence electrons. The van der Waals surface area contributed by atoms with E-state index in [2.05, 4.69) is 23.3 Å². The Labute approximate surface area is 167 Å². The van der Waals surface area contributed by atoms with Crippen molar-refractivity contribution in [3.8, 4) is 0 Å². The highest BCUT2D eigenvalue weighted by atomic mass is 19.1. The van der Waals surface area contributed by atoms with Crippen molar-refractivity contribution < 1.29 is 9.18 Å². The minimum Gasteiger partial charge on any atom is -0.353 e. The molecule has 0 saturated heterocycles. The van der Waals surface area contributed by atoms with Crippen LogP contribution in [0.4, 0.5) is 4.39 Å². The summed E-state index contributed by atoms with van der Waals surface area (Å²) in [4.78, 5) is 16.7. The van der Waals surface area contributed by atoms with Gasteiger partial charge in [0.2, 0.25) is 5.91 Å². The number of rotatable bonds is 3. The van der Waals surface area contributed by atoms with Gasteiger partial charge in [-0.25, -0.2) is 4.39 Å². The van der Waals surface area contributed by atoms with Crippen molar-refractivity contribution in [2.45, 2.75) is 65.3 Å². The first-order chi connectivity index (χ1) is 13.2. The fourth-order valence-corrected chi connectivity index (χ4v) is 5.36. The van der Waals surface area contributed by atoms with Gasteiger partial charge in [-0.3, -0.25) is 9.78 Å². The van der Waals surface area contributed by atoms with E-state index in [1.165, 1.54) is 24.5 Å². The molecule has 4 rings (SSSR count). The molecule has 2 fully saturated rings. The van der Waals surface area contributed by atoms with Crippen LogP contribution >= 0.6 is 0 Å². The van der Waals surface area contributed by atoms with Crippen LogP contribution < -0.4 is 5.32 Å². The molecule has 1 N–H and O–H groups in total. The van der Waals surface area contributed by atoms with Crippen molar-refractivity contribution >= 4 is 16.8 Å². The predicted octanol–water partition coefficient (Wildman–Crippen LogP) is 5.44.